The topological polar surface area (TPSA) is 63.4 Å². The predicted octanol–water partition coefficient (Wildman–Crippen LogP) is 2.87. The van der Waals surface area contributed by atoms with E-state index in [1.165, 1.54) is 22.5 Å². The number of hydrogen-bond donors (Lipinski definition) is 1. The maximum atomic E-state index is 13.3. The van der Waals surface area contributed by atoms with E-state index in [-0.39, 0.29) is 10.8 Å². The summed E-state index contributed by atoms with van der Waals surface area (Å²) in [5, 5.41) is 0. The lowest BCUT2D eigenvalue weighted by atomic mass is 10.3. The molecule has 7 heteroatoms. The van der Waals surface area contributed by atoms with Gasteiger partial charge >= 0.3 is 0 Å². The molecule has 0 aliphatic heterocycles. The van der Waals surface area contributed by atoms with Gasteiger partial charge in [0.2, 0.25) is 0 Å². The highest BCUT2D eigenvalue weighted by Crippen LogP contribution is 2.31. The number of hydrogen-bond acceptors (Lipinski definition) is 4. The zero-order valence-electron chi connectivity index (χ0n) is 11.8. The number of nitrogens with zero attached hydrogens (tertiary/aromatic N) is 1. The molecule has 0 saturated heterocycles. The number of aryl methyl sites for hydroxylation is 1. The molecule has 0 unspecified atom stereocenters. The van der Waals surface area contributed by atoms with Gasteiger partial charge in [0.05, 0.1) is 5.69 Å². The smallest absolute Gasteiger partial charge is 0.273 e. The maximum Gasteiger partial charge on any atom is 0.273 e. The number of anilines is 1. The van der Waals surface area contributed by atoms with Crippen LogP contribution in [0.25, 0.3) is 0 Å². The molecular formula is C14H17FN2O2S2. The molecule has 1 aromatic heterocycles. The van der Waals surface area contributed by atoms with E-state index >= 15 is 0 Å². The van der Waals surface area contributed by atoms with Crippen LogP contribution in [0.1, 0.15) is 17.4 Å². The molecule has 0 bridgehead atoms. The number of rotatable bonds is 5. The second-order valence-electron chi connectivity index (χ2n) is 4.53. The third kappa shape index (κ3) is 3.09. The lowest BCUT2D eigenvalue weighted by molar-refractivity contribution is 0.593. The van der Waals surface area contributed by atoms with Crippen molar-refractivity contribution in [1.82, 2.24) is 0 Å². The Labute approximate surface area is 128 Å². The van der Waals surface area contributed by atoms with E-state index in [2.05, 4.69) is 0 Å². The molecule has 1 heterocycles. The molecule has 2 aromatic rings. The summed E-state index contributed by atoms with van der Waals surface area (Å²) in [4.78, 5) is 0.837. The van der Waals surface area contributed by atoms with Crippen molar-refractivity contribution in [2.24, 2.45) is 5.73 Å². The molecular weight excluding hydrogens is 311 g/mol. The molecule has 21 heavy (non-hydrogen) atoms. The fraction of sp³-hybridized carbons (Fsp3) is 0.286. The maximum absolute atomic E-state index is 13.3. The van der Waals surface area contributed by atoms with Crippen molar-refractivity contribution in [3.63, 3.8) is 0 Å². The lowest BCUT2D eigenvalue weighted by Gasteiger charge is -2.22. The average Bonchev–Trinajstić information content (AvgIpc) is 2.81. The number of halogens is 1. The van der Waals surface area contributed by atoms with Gasteiger partial charge in [0.1, 0.15) is 10.0 Å². The van der Waals surface area contributed by atoms with Gasteiger partial charge in [-0.2, -0.15) is 0 Å². The Kier molecular flexibility index (Phi) is 4.65. The Morgan fingerprint density at radius 2 is 2.05 bits per heavy atom. The van der Waals surface area contributed by atoms with Crippen molar-refractivity contribution in [2.45, 2.75) is 24.6 Å². The van der Waals surface area contributed by atoms with Crippen LogP contribution in [-0.4, -0.2) is 15.0 Å². The van der Waals surface area contributed by atoms with Crippen molar-refractivity contribution in [3.05, 3.63) is 46.6 Å². The van der Waals surface area contributed by atoms with E-state index < -0.39 is 15.8 Å². The number of thiophene rings is 1. The average molecular weight is 328 g/mol. The van der Waals surface area contributed by atoms with Gasteiger partial charge in [0, 0.05) is 18.0 Å². The minimum atomic E-state index is -3.70. The highest BCUT2D eigenvalue weighted by molar-refractivity contribution is 7.94. The summed E-state index contributed by atoms with van der Waals surface area (Å²) in [5.41, 5.74) is 6.77. The van der Waals surface area contributed by atoms with Gasteiger partial charge in [-0.3, -0.25) is 4.31 Å². The molecule has 0 fully saturated rings. The molecule has 2 rings (SSSR count). The summed E-state index contributed by atoms with van der Waals surface area (Å²) in [6, 6.07) is 7.18. The second-order valence-corrected chi connectivity index (χ2v) is 7.75. The van der Waals surface area contributed by atoms with Crippen LogP contribution >= 0.6 is 11.3 Å². The summed E-state index contributed by atoms with van der Waals surface area (Å²) >= 11 is 1.16. The van der Waals surface area contributed by atoms with E-state index in [0.29, 0.717) is 12.2 Å². The van der Waals surface area contributed by atoms with Gasteiger partial charge < -0.3 is 5.73 Å². The van der Waals surface area contributed by atoms with Crippen LogP contribution in [0, 0.1) is 12.7 Å². The van der Waals surface area contributed by atoms with Crippen LogP contribution in [0.15, 0.2) is 34.5 Å². The van der Waals surface area contributed by atoms with Gasteiger partial charge in [-0.1, -0.05) is 6.07 Å². The Balaban J connectivity index is 2.49. The van der Waals surface area contributed by atoms with Crippen molar-refractivity contribution in [2.75, 3.05) is 10.8 Å². The highest BCUT2D eigenvalue weighted by Gasteiger charge is 2.26. The molecule has 2 N–H and O–H groups in total. The first-order valence-corrected chi connectivity index (χ1v) is 8.73. The number of nitrogens with two attached hydrogens (primary N) is 1. The lowest BCUT2D eigenvalue weighted by Crippen LogP contribution is -2.30. The third-order valence-corrected chi connectivity index (χ3v) is 6.72. The molecule has 0 radical (unpaired) electrons. The molecule has 0 amide bonds. The third-order valence-electron chi connectivity index (χ3n) is 3.11. The normalized spacial score (nSPS) is 11.6. The Morgan fingerprint density at radius 3 is 2.57 bits per heavy atom. The monoisotopic (exact) mass is 328 g/mol. The first-order chi connectivity index (χ1) is 9.90. The van der Waals surface area contributed by atoms with Crippen LogP contribution in [0.3, 0.4) is 0 Å². The summed E-state index contributed by atoms with van der Waals surface area (Å²) in [7, 11) is -3.70. The fourth-order valence-electron chi connectivity index (χ4n) is 2.05. The zero-order chi connectivity index (χ0) is 15.6. The SMILES string of the molecule is CCN(c1cccc(F)c1)S(=O)(=O)c1cc(C)c(CN)s1. The van der Waals surface area contributed by atoms with E-state index in [1.807, 2.05) is 6.92 Å². The second kappa shape index (κ2) is 6.13. The van der Waals surface area contributed by atoms with E-state index in [9.17, 15) is 12.8 Å². The summed E-state index contributed by atoms with van der Waals surface area (Å²) < 4.78 is 40.2. The summed E-state index contributed by atoms with van der Waals surface area (Å²) in [6.07, 6.45) is 0. The minimum absolute atomic E-state index is 0.223. The van der Waals surface area contributed by atoms with Gasteiger partial charge in [0.25, 0.3) is 10.0 Å². The van der Waals surface area contributed by atoms with Crippen LogP contribution in [0.5, 0.6) is 0 Å². The summed E-state index contributed by atoms with van der Waals surface area (Å²) in [6.45, 7) is 4.07. The molecule has 0 saturated carbocycles. The van der Waals surface area contributed by atoms with Gasteiger partial charge in [-0.15, -0.1) is 11.3 Å². The predicted molar refractivity (Wildman–Crippen MR) is 83.6 cm³/mol. The molecule has 0 atom stereocenters. The molecule has 0 aliphatic carbocycles. The van der Waals surface area contributed by atoms with Crippen molar-refractivity contribution >= 4 is 27.0 Å². The Hall–Kier alpha value is -1.44. The highest BCUT2D eigenvalue weighted by atomic mass is 32.2. The van der Waals surface area contributed by atoms with E-state index in [0.717, 1.165) is 21.8 Å². The zero-order valence-corrected chi connectivity index (χ0v) is 13.5. The van der Waals surface area contributed by atoms with Gasteiger partial charge in [-0.25, -0.2) is 12.8 Å². The molecule has 114 valence electrons. The van der Waals surface area contributed by atoms with Crippen molar-refractivity contribution in [1.29, 1.82) is 0 Å². The number of sulfonamides is 1. The van der Waals surface area contributed by atoms with Crippen LogP contribution < -0.4 is 10.0 Å². The van der Waals surface area contributed by atoms with Crippen LogP contribution in [-0.2, 0) is 16.6 Å². The van der Waals surface area contributed by atoms with Gasteiger partial charge in [-0.05, 0) is 43.7 Å². The summed E-state index contributed by atoms with van der Waals surface area (Å²) in [5.74, 6) is -0.467. The molecule has 1 aromatic carbocycles. The fourth-order valence-corrected chi connectivity index (χ4v) is 5.10. The van der Waals surface area contributed by atoms with Crippen molar-refractivity contribution < 1.29 is 12.8 Å². The van der Waals surface area contributed by atoms with Gasteiger partial charge in [0.15, 0.2) is 0 Å². The minimum Gasteiger partial charge on any atom is -0.326 e. The van der Waals surface area contributed by atoms with E-state index in [4.69, 9.17) is 5.73 Å². The van der Waals surface area contributed by atoms with Crippen LogP contribution in [0.2, 0.25) is 0 Å². The molecule has 0 aliphatic rings. The molecule has 4 nitrogen and oxygen atoms in total. The molecule has 0 spiro atoms. The standard InChI is InChI=1S/C14H17FN2O2S2/c1-3-17(12-6-4-5-11(15)8-12)21(18,19)14-7-10(2)13(9-16)20-14/h4-8H,3,9,16H2,1-2H3. The van der Waals surface area contributed by atoms with Crippen LogP contribution in [0.4, 0.5) is 10.1 Å². The first kappa shape index (κ1) is 15.9. The van der Waals surface area contributed by atoms with E-state index in [1.54, 1.807) is 19.1 Å². The number of benzene rings is 1. The Bertz CT molecular complexity index is 741. The largest absolute Gasteiger partial charge is 0.326 e. The quantitative estimate of drug-likeness (QED) is 0.918. The first-order valence-electron chi connectivity index (χ1n) is 6.47. The van der Waals surface area contributed by atoms with Crippen molar-refractivity contribution in [3.8, 4) is 0 Å². The Morgan fingerprint density at radius 1 is 1.33 bits per heavy atom.